The van der Waals surface area contributed by atoms with Crippen molar-refractivity contribution >= 4 is 68.5 Å². The van der Waals surface area contributed by atoms with E-state index in [1.165, 1.54) is 0 Å². The monoisotopic (exact) mass is 598 g/mol. The van der Waals surface area contributed by atoms with Gasteiger partial charge in [-0.25, -0.2) is 15.6 Å². The van der Waals surface area contributed by atoms with Crippen LogP contribution in [0.3, 0.4) is 0 Å². The molecule has 188 valence electrons. The van der Waals surface area contributed by atoms with E-state index in [0.29, 0.717) is 0 Å². The van der Waals surface area contributed by atoms with Gasteiger partial charge in [0.15, 0.2) is 0 Å². The van der Waals surface area contributed by atoms with Crippen LogP contribution in [0.1, 0.15) is 0 Å². The van der Waals surface area contributed by atoms with E-state index in [2.05, 4.69) is 156 Å². The summed E-state index contributed by atoms with van der Waals surface area (Å²) in [4.78, 5) is 0. The van der Waals surface area contributed by atoms with E-state index in [-0.39, 0.29) is 56.6 Å². The molecule has 0 aliphatic carbocycles. The molecule has 0 N–H and O–H groups in total. The average molecular weight is 599 g/mol. The van der Waals surface area contributed by atoms with Gasteiger partial charge < -0.3 is 0 Å². The number of benzene rings is 3. The van der Waals surface area contributed by atoms with Crippen molar-refractivity contribution in [2.45, 2.75) is 65.5 Å². The first-order valence-corrected chi connectivity index (χ1v) is 36.5. The predicted octanol–water partition coefficient (Wildman–Crippen LogP) is -3.23. The summed E-state index contributed by atoms with van der Waals surface area (Å²) in [7, 11) is -6.42. The largest absolute Gasteiger partial charge is 1.00 e. The molecule has 0 bridgehead atoms. The maximum absolute atomic E-state index is 3.00. The van der Waals surface area contributed by atoms with Crippen LogP contribution in [0.25, 0.3) is 0 Å². The van der Waals surface area contributed by atoms with Crippen molar-refractivity contribution < 1.29 is 56.6 Å². The van der Waals surface area contributed by atoms with Gasteiger partial charge in [-0.1, -0.05) is 165 Å². The van der Waals surface area contributed by atoms with Crippen LogP contribution < -0.4 is 72.1 Å². The molecule has 0 nitrogen and oxygen atoms in total. The van der Waals surface area contributed by atoms with Gasteiger partial charge in [-0.15, -0.1) is 0 Å². The van der Waals surface area contributed by atoms with E-state index in [1.54, 1.807) is 15.6 Å². The molecule has 0 aromatic heterocycles. The third-order valence-electron chi connectivity index (χ3n) is 10.2. The van der Waals surface area contributed by atoms with E-state index < -0.39 is 52.9 Å². The van der Waals surface area contributed by atoms with E-state index >= 15 is 0 Å². The van der Waals surface area contributed by atoms with Gasteiger partial charge in [0.1, 0.15) is 0 Å². The average Bonchev–Trinajstić information content (AvgIpc) is 2.87. The molecule has 0 heterocycles. The van der Waals surface area contributed by atoms with Gasteiger partial charge in [-0.05, 0) is 0 Å². The first-order chi connectivity index (χ1) is 16.3. The second-order valence-corrected chi connectivity index (χ2v) is 76.7. The van der Waals surface area contributed by atoms with Crippen molar-refractivity contribution in [3.63, 3.8) is 0 Å². The zero-order valence-corrected chi connectivity index (χ0v) is 33.7. The zero-order chi connectivity index (χ0) is 26.1. The molecule has 3 aromatic carbocycles. The molecular weight excluding hydrogens is 554 g/mol. The summed E-state index contributed by atoms with van der Waals surface area (Å²) < 4.78 is 0. The van der Waals surface area contributed by atoms with Gasteiger partial charge in [0, 0.05) is 0 Å². The normalized spacial score (nSPS) is 11.8. The Morgan fingerprint density at radius 2 is 0.553 bits per heavy atom. The van der Waals surface area contributed by atoms with E-state index in [1.807, 2.05) is 0 Å². The standard InChI is InChI=1S/C28H45Si7.3Li/c1-29(26-20-14-11-15-21-26)32(4,5)35(10,33(6,7)30(2)27-22-16-12-17-23-27)34(8,9)31(3)28-24-18-13-19-25-28;;;/h11-25H,1-10H3;;;/q-3;3*+1. The van der Waals surface area contributed by atoms with Crippen LogP contribution in [0.4, 0.5) is 0 Å². The van der Waals surface area contributed by atoms with Crippen molar-refractivity contribution in [3.05, 3.63) is 91.0 Å². The van der Waals surface area contributed by atoms with Gasteiger partial charge >= 0.3 is 56.6 Å². The molecule has 0 fully saturated rings. The van der Waals surface area contributed by atoms with Crippen LogP contribution in [0.5, 0.6) is 0 Å². The van der Waals surface area contributed by atoms with Crippen LogP contribution in [-0.4, -0.2) is 52.9 Å². The fourth-order valence-electron chi connectivity index (χ4n) is 6.62. The minimum atomic E-state index is -1.62. The molecule has 3 rings (SSSR count). The SMILES string of the molecule is C[Si-](c1ccccc1)[Si](C)(C)[Si](C)([Si](C)(C)[Si-](C)c1ccccc1)[Si](C)(C)[Si-](C)c1ccccc1.[Li+].[Li+].[Li+]. The summed E-state index contributed by atoms with van der Waals surface area (Å²) in [6, 6.07) is 35.1. The van der Waals surface area contributed by atoms with E-state index in [9.17, 15) is 0 Å². The maximum atomic E-state index is 3.00. The van der Waals surface area contributed by atoms with Gasteiger partial charge in [0.25, 0.3) is 0 Å². The maximum Gasteiger partial charge on any atom is 1.00 e. The first-order valence-electron chi connectivity index (χ1n) is 13.0. The van der Waals surface area contributed by atoms with Crippen molar-refractivity contribution in [1.29, 1.82) is 0 Å². The van der Waals surface area contributed by atoms with Gasteiger partial charge in [0.05, 0.1) is 0 Å². The Morgan fingerprint density at radius 1 is 0.368 bits per heavy atom. The third kappa shape index (κ3) is 7.12. The molecule has 0 saturated carbocycles. The number of rotatable bonds is 9. The van der Waals surface area contributed by atoms with Gasteiger partial charge in [0.2, 0.25) is 0 Å². The smallest absolute Gasteiger partial charge is 0.289 e. The molecule has 0 aliphatic rings. The minimum absolute atomic E-state index is 0. The summed E-state index contributed by atoms with van der Waals surface area (Å²) >= 11 is 0. The zero-order valence-electron chi connectivity index (χ0n) is 26.7. The minimum Gasteiger partial charge on any atom is -0.289 e. The molecule has 0 unspecified atom stereocenters. The summed E-state index contributed by atoms with van der Waals surface area (Å²) in [6.45, 7) is 26.8. The Hall–Kier alpha value is 0.970. The van der Waals surface area contributed by atoms with Crippen molar-refractivity contribution in [1.82, 2.24) is 0 Å². The second kappa shape index (κ2) is 15.4. The van der Waals surface area contributed by atoms with E-state index in [4.69, 9.17) is 0 Å². The topological polar surface area (TPSA) is 0 Å². The number of hydrogen-bond acceptors (Lipinski definition) is 0. The molecular formula is C28H45Li3Si7. The summed E-state index contributed by atoms with van der Waals surface area (Å²) in [5.41, 5.74) is 0. The fraction of sp³-hybridized carbons (Fsp3) is 0.357. The Balaban J connectivity index is 0.00000456. The Bertz CT molecular complexity index is 958. The molecule has 10 heteroatoms. The summed E-state index contributed by atoms with van der Waals surface area (Å²) in [5, 5.41) is 5.07. The molecule has 0 spiro atoms. The Kier molecular flexibility index (Phi) is 15.8. The quantitative estimate of drug-likeness (QED) is 0.228. The molecule has 0 saturated heterocycles. The van der Waals surface area contributed by atoms with Crippen LogP contribution in [-0.2, 0) is 0 Å². The molecule has 0 atom stereocenters. The fourth-order valence-corrected chi connectivity index (χ4v) is 204. The molecule has 0 aliphatic heterocycles. The number of hydrogen-bond donors (Lipinski definition) is 0. The predicted molar refractivity (Wildman–Crippen MR) is 177 cm³/mol. The van der Waals surface area contributed by atoms with Crippen LogP contribution >= 0.6 is 0 Å². The Labute approximate surface area is 278 Å². The molecule has 0 radical (unpaired) electrons. The first kappa shape index (κ1) is 39.0. The molecule has 3 aromatic rings. The summed E-state index contributed by atoms with van der Waals surface area (Å²) in [6.07, 6.45) is 0. The van der Waals surface area contributed by atoms with Crippen LogP contribution in [0.15, 0.2) is 91.0 Å². The van der Waals surface area contributed by atoms with Gasteiger partial charge in [-0.3, -0.25) is 24.9 Å². The van der Waals surface area contributed by atoms with Crippen molar-refractivity contribution in [3.8, 4) is 0 Å². The van der Waals surface area contributed by atoms with Crippen molar-refractivity contribution in [2.24, 2.45) is 0 Å². The second-order valence-electron chi connectivity index (χ2n) is 12.0. The van der Waals surface area contributed by atoms with E-state index in [0.717, 1.165) is 0 Å². The van der Waals surface area contributed by atoms with Crippen LogP contribution in [0.2, 0.25) is 65.5 Å². The molecule has 0 amide bonds. The Morgan fingerprint density at radius 3 is 0.737 bits per heavy atom. The molecule has 38 heavy (non-hydrogen) atoms. The van der Waals surface area contributed by atoms with Crippen molar-refractivity contribution in [2.75, 3.05) is 0 Å². The summed E-state index contributed by atoms with van der Waals surface area (Å²) in [5.74, 6) is 0. The van der Waals surface area contributed by atoms with Gasteiger partial charge in [-0.2, -0.15) is 19.6 Å². The third-order valence-corrected chi connectivity index (χ3v) is 140. The van der Waals surface area contributed by atoms with Crippen LogP contribution in [0, 0.1) is 0 Å².